The van der Waals surface area contributed by atoms with Crippen LogP contribution in [0.3, 0.4) is 0 Å². The number of anilines is 1. The van der Waals surface area contributed by atoms with Crippen molar-refractivity contribution >= 4 is 5.69 Å². The van der Waals surface area contributed by atoms with E-state index in [0.29, 0.717) is 5.69 Å². The summed E-state index contributed by atoms with van der Waals surface area (Å²) in [5.74, 6) is 0.833. The first kappa shape index (κ1) is 10.3. The Morgan fingerprint density at radius 1 is 1.53 bits per heavy atom. The van der Waals surface area contributed by atoms with Crippen molar-refractivity contribution in [2.24, 2.45) is 5.92 Å². The van der Waals surface area contributed by atoms with Crippen LogP contribution in [0.15, 0.2) is 17.1 Å². The second-order valence-corrected chi connectivity index (χ2v) is 4.53. The average Bonchev–Trinajstić information content (AvgIpc) is 2.11. The third-order valence-electron chi connectivity index (χ3n) is 3.38. The minimum atomic E-state index is 0.0704. The van der Waals surface area contributed by atoms with E-state index in [1.807, 2.05) is 6.92 Å². The molecule has 82 valence electrons. The highest BCUT2D eigenvalue weighted by Crippen LogP contribution is 2.29. The third kappa shape index (κ3) is 2.22. The van der Waals surface area contributed by atoms with E-state index < -0.39 is 0 Å². The summed E-state index contributed by atoms with van der Waals surface area (Å²) in [7, 11) is 0. The van der Waals surface area contributed by atoms with E-state index in [-0.39, 0.29) is 5.56 Å². The number of aromatic nitrogens is 1. The summed E-state index contributed by atoms with van der Waals surface area (Å²) >= 11 is 0. The maximum Gasteiger partial charge on any atom is 0.250 e. The van der Waals surface area contributed by atoms with Crippen LogP contribution in [0.1, 0.15) is 31.2 Å². The van der Waals surface area contributed by atoms with Gasteiger partial charge < -0.3 is 10.3 Å². The van der Waals surface area contributed by atoms with Gasteiger partial charge in [-0.2, -0.15) is 0 Å². The molecule has 1 aromatic rings. The van der Waals surface area contributed by atoms with Crippen LogP contribution in [-0.4, -0.2) is 4.57 Å². The molecule has 0 unspecified atom stereocenters. The Hall–Kier alpha value is -1.25. The van der Waals surface area contributed by atoms with E-state index >= 15 is 0 Å². The molecule has 1 fully saturated rings. The molecular weight excluding hydrogens is 188 g/mol. The molecule has 1 aliphatic rings. The van der Waals surface area contributed by atoms with Crippen molar-refractivity contribution in [3.63, 3.8) is 0 Å². The van der Waals surface area contributed by atoms with E-state index in [9.17, 15) is 4.79 Å². The van der Waals surface area contributed by atoms with Gasteiger partial charge in [0.15, 0.2) is 0 Å². The Morgan fingerprint density at radius 3 is 2.87 bits per heavy atom. The lowest BCUT2D eigenvalue weighted by atomic mass is 9.83. The van der Waals surface area contributed by atoms with Crippen LogP contribution >= 0.6 is 0 Å². The number of rotatable bonds is 3. The molecule has 1 saturated carbocycles. The lowest BCUT2D eigenvalue weighted by molar-refractivity contribution is 0.281. The SMILES string of the molecule is Cc1cc(=O)n(CCC2CCC2)cc1N. The Morgan fingerprint density at radius 2 is 2.27 bits per heavy atom. The largest absolute Gasteiger partial charge is 0.397 e. The van der Waals surface area contributed by atoms with Crippen molar-refractivity contribution < 1.29 is 0 Å². The van der Waals surface area contributed by atoms with Gasteiger partial charge in [0.2, 0.25) is 0 Å². The standard InChI is InChI=1S/C12H18N2O/c1-9-7-12(15)14(8-11(9)13)6-5-10-3-2-4-10/h7-8,10H,2-6,13H2,1H3. The molecule has 2 N–H and O–H groups in total. The highest BCUT2D eigenvalue weighted by molar-refractivity contribution is 5.42. The molecule has 0 aliphatic heterocycles. The van der Waals surface area contributed by atoms with Gasteiger partial charge in [0.25, 0.3) is 5.56 Å². The molecule has 15 heavy (non-hydrogen) atoms. The lowest BCUT2D eigenvalue weighted by Crippen LogP contribution is -2.23. The summed E-state index contributed by atoms with van der Waals surface area (Å²) < 4.78 is 1.74. The van der Waals surface area contributed by atoms with Crippen molar-refractivity contribution in [3.05, 3.63) is 28.2 Å². The van der Waals surface area contributed by atoms with Crippen LogP contribution in [0.2, 0.25) is 0 Å². The lowest BCUT2D eigenvalue weighted by Gasteiger charge is -2.25. The Balaban J connectivity index is 2.06. The minimum Gasteiger partial charge on any atom is -0.397 e. The summed E-state index contributed by atoms with van der Waals surface area (Å²) in [4.78, 5) is 11.6. The van der Waals surface area contributed by atoms with Crippen LogP contribution in [0, 0.1) is 12.8 Å². The molecule has 1 heterocycles. The zero-order valence-corrected chi connectivity index (χ0v) is 9.20. The average molecular weight is 206 g/mol. The van der Waals surface area contributed by atoms with Crippen molar-refractivity contribution in [1.29, 1.82) is 0 Å². The number of hydrogen-bond acceptors (Lipinski definition) is 2. The highest BCUT2D eigenvalue weighted by Gasteiger charge is 2.17. The fraction of sp³-hybridized carbons (Fsp3) is 0.583. The highest BCUT2D eigenvalue weighted by atomic mass is 16.1. The van der Waals surface area contributed by atoms with Crippen LogP contribution in [0.5, 0.6) is 0 Å². The predicted molar refractivity (Wildman–Crippen MR) is 61.8 cm³/mol. The number of pyridine rings is 1. The molecule has 1 aromatic heterocycles. The fourth-order valence-electron chi connectivity index (χ4n) is 1.96. The summed E-state index contributed by atoms with van der Waals surface area (Å²) in [5, 5.41) is 0. The van der Waals surface area contributed by atoms with Crippen LogP contribution in [0.25, 0.3) is 0 Å². The first-order valence-corrected chi connectivity index (χ1v) is 5.63. The fourth-order valence-corrected chi connectivity index (χ4v) is 1.96. The van der Waals surface area contributed by atoms with E-state index in [2.05, 4.69) is 0 Å². The molecule has 2 rings (SSSR count). The number of nitrogen functional groups attached to an aromatic ring is 1. The number of nitrogens with two attached hydrogens (primary N) is 1. The second kappa shape index (κ2) is 4.09. The van der Waals surface area contributed by atoms with Crippen LogP contribution in [-0.2, 0) is 6.54 Å². The van der Waals surface area contributed by atoms with E-state index in [0.717, 1.165) is 24.4 Å². The van der Waals surface area contributed by atoms with Gasteiger partial charge in [-0.05, 0) is 24.8 Å². The predicted octanol–water partition coefficient (Wildman–Crippen LogP) is 1.93. The smallest absolute Gasteiger partial charge is 0.250 e. The van der Waals surface area contributed by atoms with Crippen LogP contribution < -0.4 is 11.3 Å². The summed E-state index contributed by atoms with van der Waals surface area (Å²) in [6.07, 6.45) is 6.90. The van der Waals surface area contributed by atoms with E-state index in [4.69, 9.17) is 5.73 Å². The molecule has 0 saturated heterocycles. The first-order valence-electron chi connectivity index (χ1n) is 5.63. The Labute approximate surface area is 89.9 Å². The van der Waals surface area contributed by atoms with Crippen LogP contribution in [0.4, 0.5) is 5.69 Å². The first-order chi connectivity index (χ1) is 7.16. The number of hydrogen-bond donors (Lipinski definition) is 1. The minimum absolute atomic E-state index is 0.0704. The Kier molecular flexibility index (Phi) is 2.80. The molecule has 3 nitrogen and oxygen atoms in total. The normalized spacial score (nSPS) is 16.3. The Bertz CT molecular complexity index is 405. The molecule has 0 spiro atoms. The van der Waals surface area contributed by atoms with Gasteiger partial charge >= 0.3 is 0 Å². The molecular formula is C12H18N2O. The van der Waals surface area contributed by atoms with Crippen molar-refractivity contribution in [2.75, 3.05) is 5.73 Å². The molecule has 0 bridgehead atoms. The quantitative estimate of drug-likeness (QED) is 0.821. The van der Waals surface area contributed by atoms with Gasteiger partial charge in [0, 0.05) is 18.8 Å². The third-order valence-corrected chi connectivity index (χ3v) is 3.38. The van der Waals surface area contributed by atoms with Gasteiger partial charge in [-0.25, -0.2) is 0 Å². The maximum absolute atomic E-state index is 11.6. The monoisotopic (exact) mass is 206 g/mol. The van der Waals surface area contributed by atoms with Gasteiger partial charge in [0.05, 0.1) is 5.69 Å². The summed E-state index contributed by atoms with van der Waals surface area (Å²) in [6, 6.07) is 1.62. The second-order valence-electron chi connectivity index (χ2n) is 4.53. The molecule has 0 atom stereocenters. The van der Waals surface area contributed by atoms with Crippen molar-refractivity contribution in [1.82, 2.24) is 4.57 Å². The van der Waals surface area contributed by atoms with E-state index in [1.165, 1.54) is 19.3 Å². The molecule has 0 amide bonds. The van der Waals surface area contributed by atoms with Crippen molar-refractivity contribution in [2.45, 2.75) is 39.2 Å². The van der Waals surface area contributed by atoms with E-state index in [1.54, 1.807) is 16.8 Å². The summed E-state index contributed by atoms with van der Waals surface area (Å²) in [5.41, 5.74) is 7.44. The number of aryl methyl sites for hydroxylation is 2. The molecule has 3 heteroatoms. The van der Waals surface area contributed by atoms with Gasteiger partial charge in [-0.1, -0.05) is 19.3 Å². The topological polar surface area (TPSA) is 48.0 Å². The zero-order valence-electron chi connectivity index (χ0n) is 9.20. The molecule has 0 aromatic carbocycles. The number of nitrogens with zero attached hydrogens (tertiary/aromatic N) is 1. The van der Waals surface area contributed by atoms with Gasteiger partial charge in [-0.3, -0.25) is 4.79 Å². The van der Waals surface area contributed by atoms with Crippen molar-refractivity contribution in [3.8, 4) is 0 Å². The summed E-state index contributed by atoms with van der Waals surface area (Å²) in [6.45, 7) is 2.68. The maximum atomic E-state index is 11.6. The zero-order chi connectivity index (χ0) is 10.8. The molecule has 0 radical (unpaired) electrons. The molecule has 1 aliphatic carbocycles. The van der Waals surface area contributed by atoms with Gasteiger partial charge in [0.1, 0.15) is 0 Å². The van der Waals surface area contributed by atoms with Gasteiger partial charge in [-0.15, -0.1) is 0 Å².